The molecule has 1 heterocycles. The number of primary amides is 1. The van der Waals surface area contributed by atoms with Gasteiger partial charge in [0.1, 0.15) is 5.75 Å². The van der Waals surface area contributed by atoms with Crippen LogP contribution in [0.25, 0.3) is 11.4 Å². The van der Waals surface area contributed by atoms with Crippen LogP contribution in [0.15, 0.2) is 78.0 Å². The first-order chi connectivity index (χ1) is 16.0. The van der Waals surface area contributed by atoms with E-state index in [2.05, 4.69) is 22.3 Å². The highest BCUT2D eigenvalue weighted by Crippen LogP contribution is 2.33. The zero-order valence-corrected chi connectivity index (χ0v) is 19.8. The van der Waals surface area contributed by atoms with Gasteiger partial charge in [-0.3, -0.25) is 9.36 Å². The van der Waals surface area contributed by atoms with Crippen LogP contribution in [0.2, 0.25) is 10.0 Å². The van der Waals surface area contributed by atoms with Crippen LogP contribution in [0.1, 0.15) is 11.1 Å². The molecule has 0 radical (unpaired) electrons. The maximum atomic E-state index is 11.0. The van der Waals surface area contributed by atoms with Crippen LogP contribution in [-0.4, -0.2) is 27.3 Å². The van der Waals surface area contributed by atoms with Crippen LogP contribution in [0.5, 0.6) is 5.75 Å². The molecule has 0 bridgehead atoms. The monoisotopic (exact) mass is 498 g/mol. The highest BCUT2D eigenvalue weighted by molar-refractivity contribution is 7.98. The molecule has 0 unspecified atom stereocenters. The highest BCUT2D eigenvalue weighted by Gasteiger charge is 2.17. The van der Waals surface area contributed by atoms with Gasteiger partial charge in [-0.1, -0.05) is 77.4 Å². The van der Waals surface area contributed by atoms with Gasteiger partial charge in [-0.25, -0.2) is 0 Å². The van der Waals surface area contributed by atoms with E-state index in [-0.39, 0.29) is 6.61 Å². The predicted molar refractivity (Wildman–Crippen MR) is 132 cm³/mol. The molecule has 9 heteroatoms. The fourth-order valence-corrected chi connectivity index (χ4v) is 4.58. The Bertz CT molecular complexity index is 1260. The number of aromatic nitrogens is 3. The van der Waals surface area contributed by atoms with Gasteiger partial charge in [0.2, 0.25) is 0 Å². The van der Waals surface area contributed by atoms with Crippen LogP contribution in [0.4, 0.5) is 0 Å². The minimum Gasteiger partial charge on any atom is -0.484 e. The number of ether oxygens (including phenoxy) is 1. The Balaban J connectivity index is 1.61. The van der Waals surface area contributed by atoms with Crippen molar-refractivity contribution in [2.24, 2.45) is 5.73 Å². The third kappa shape index (κ3) is 6.07. The van der Waals surface area contributed by atoms with E-state index in [0.29, 0.717) is 33.9 Å². The van der Waals surface area contributed by atoms with E-state index < -0.39 is 5.91 Å². The number of nitrogens with zero attached hydrogens (tertiary/aromatic N) is 3. The van der Waals surface area contributed by atoms with Crippen molar-refractivity contribution < 1.29 is 9.53 Å². The molecule has 0 saturated heterocycles. The van der Waals surface area contributed by atoms with Crippen LogP contribution >= 0.6 is 35.0 Å². The third-order valence-corrected chi connectivity index (χ3v) is 6.31. The fraction of sp³-hybridized carbons (Fsp3) is 0.125. The normalized spacial score (nSPS) is 10.8. The second kappa shape index (κ2) is 10.7. The number of halogens is 2. The molecule has 4 aromatic rings. The first kappa shape index (κ1) is 23.2. The van der Waals surface area contributed by atoms with Crippen molar-refractivity contribution in [1.29, 1.82) is 0 Å². The van der Waals surface area contributed by atoms with Crippen LogP contribution < -0.4 is 10.5 Å². The quantitative estimate of drug-likeness (QED) is 0.310. The maximum Gasteiger partial charge on any atom is 0.255 e. The summed E-state index contributed by atoms with van der Waals surface area (Å²) in [6.07, 6.45) is 0. The molecule has 168 valence electrons. The Kier molecular flexibility index (Phi) is 7.54. The molecule has 0 atom stereocenters. The lowest BCUT2D eigenvalue weighted by Crippen LogP contribution is -2.20. The summed E-state index contributed by atoms with van der Waals surface area (Å²) in [6, 6.07) is 23.0. The second-order valence-corrected chi connectivity index (χ2v) is 8.98. The first-order valence-corrected chi connectivity index (χ1v) is 11.8. The van der Waals surface area contributed by atoms with Gasteiger partial charge in [0.25, 0.3) is 5.91 Å². The van der Waals surface area contributed by atoms with Crippen molar-refractivity contribution in [1.82, 2.24) is 14.8 Å². The summed E-state index contributed by atoms with van der Waals surface area (Å²) in [4.78, 5) is 11.0. The van der Waals surface area contributed by atoms with E-state index in [1.165, 1.54) is 0 Å². The molecule has 0 aliphatic heterocycles. The van der Waals surface area contributed by atoms with Crippen molar-refractivity contribution in [3.8, 4) is 17.1 Å². The largest absolute Gasteiger partial charge is 0.484 e. The van der Waals surface area contributed by atoms with E-state index in [9.17, 15) is 4.79 Å². The highest BCUT2D eigenvalue weighted by atomic mass is 35.5. The second-order valence-electron chi connectivity index (χ2n) is 7.19. The van der Waals surface area contributed by atoms with Crippen molar-refractivity contribution in [2.75, 3.05) is 6.61 Å². The summed E-state index contributed by atoms with van der Waals surface area (Å²) in [5.74, 6) is 1.37. The van der Waals surface area contributed by atoms with E-state index in [1.807, 2.05) is 47.0 Å². The topological polar surface area (TPSA) is 83.0 Å². The molecule has 0 saturated carbocycles. The lowest BCUT2D eigenvalue weighted by atomic mass is 10.2. The van der Waals surface area contributed by atoms with Gasteiger partial charge in [-0.15, -0.1) is 10.2 Å². The number of hydrogen-bond acceptors (Lipinski definition) is 5. The molecule has 1 amide bonds. The minimum absolute atomic E-state index is 0.160. The Morgan fingerprint density at radius 2 is 1.76 bits per heavy atom. The summed E-state index contributed by atoms with van der Waals surface area (Å²) in [5.41, 5.74) is 8.06. The first-order valence-electron chi connectivity index (χ1n) is 10.0. The molecule has 6 nitrogen and oxygen atoms in total. The summed E-state index contributed by atoms with van der Waals surface area (Å²) >= 11 is 14.1. The molecule has 4 rings (SSSR count). The molecule has 33 heavy (non-hydrogen) atoms. The molecular formula is C24H20Cl2N4O2S. The van der Waals surface area contributed by atoms with Gasteiger partial charge in [0.15, 0.2) is 17.6 Å². The van der Waals surface area contributed by atoms with Gasteiger partial charge < -0.3 is 10.5 Å². The van der Waals surface area contributed by atoms with Crippen molar-refractivity contribution in [2.45, 2.75) is 17.5 Å². The number of amides is 1. The zero-order chi connectivity index (χ0) is 23.2. The average Bonchev–Trinajstić information content (AvgIpc) is 3.19. The van der Waals surface area contributed by atoms with E-state index in [0.717, 1.165) is 21.8 Å². The predicted octanol–water partition coefficient (Wildman–Crippen LogP) is 5.46. The molecule has 0 aliphatic rings. The van der Waals surface area contributed by atoms with E-state index in [1.54, 1.807) is 30.0 Å². The molecule has 0 fully saturated rings. The van der Waals surface area contributed by atoms with Crippen LogP contribution in [-0.2, 0) is 17.1 Å². The number of thioether (sulfide) groups is 1. The van der Waals surface area contributed by atoms with Crippen molar-refractivity contribution in [3.63, 3.8) is 0 Å². The smallest absolute Gasteiger partial charge is 0.255 e. The van der Waals surface area contributed by atoms with Gasteiger partial charge in [0, 0.05) is 16.3 Å². The molecular weight excluding hydrogens is 479 g/mol. The Morgan fingerprint density at radius 1 is 0.970 bits per heavy atom. The molecule has 2 N–H and O–H groups in total. The fourth-order valence-electron chi connectivity index (χ4n) is 3.20. The van der Waals surface area contributed by atoms with E-state index >= 15 is 0 Å². The van der Waals surface area contributed by atoms with Gasteiger partial charge in [-0.05, 0) is 41.5 Å². The molecule has 0 spiro atoms. The number of rotatable bonds is 9. The average molecular weight is 499 g/mol. The Hall–Kier alpha value is -3.00. The number of nitrogens with two attached hydrogens (primary N) is 1. The Labute approximate surface area is 205 Å². The van der Waals surface area contributed by atoms with E-state index in [4.69, 9.17) is 33.7 Å². The zero-order valence-electron chi connectivity index (χ0n) is 17.4. The lowest BCUT2D eigenvalue weighted by Gasteiger charge is -2.12. The van der Waals surface area contributed by atoms with Crippen molar-refractivity contribution in [3.05, 3.63) is 94.0 Å². The standard InChI is InChI=1S/C24H20Cl2N4O2S/c25-18-9-10-20(21(26)12-18)23-28-29-24(30(23)13-16-5-2-1-3-6-16)33-15-17-7-4-8-19(11-17)32-14-22(27)31/h1-12H,13-15H2,(H2,27,31). The number of hydrogen-bond donors (Lipinski definition) is 1. The molecule has 0 aliphatic carbocycles. The number of carbonyl (C=O) groups excluding carboxylic acids is 1. The molecule has 3 aromatic carbocycles. The summed E-state index contributed by atoms with van der Waals surface area (Å²) in [7, 11) is 0. The van der Waals surface area contributed by atoms with Crippen LogP contribution in [0, 0.1) is 0 Å². The van der Waals surface area contributed by atoms with Crippen molar-refractivity contribution >= 4 is 40.9 Å². The summed E-state index contributed by atoms with van der Waals surface area (Å²) < 4.78 is 7.45. The maximum absolute atomic E-state index is 11.0. The number of benzene rings is 3. The number of carbonyl (C=O) groups is 1. The van der Waals surface area contributed by atoms with Gasteiger partial charge >= 0.3 is 0 Å². The Morgan fingerprint density at radius 3 is 2.52 bits per heavy atom. The third-order valence-electron chi connectivity index (χ3n) is 4.72. The SMILES string of the molecule is NC(=O)COc1cccc(CSc2nnc(-c3ccc(Cl)cc3Cl)n2Cc2ccccc2)c1. The summed E-state index contributed by atoms with van der Waals surface area (Å²) in [6.45, 7) is 0.430. The molecule has 1 aromatic heterocycles. The lowest BCUT2D eigenvalue weighted by molar-refractivity contribution is -0.119. The van der Waals surface area contributed by atoms with Gasteiger partial charge in [0.05, 0.1) is 11.6 Å². The van der Waals surface area contributed by atoms with Crippen LogP contribution in [0.3, 0.4) is 0 Å². The summed E-state index contributed by atoms with van der Waals surface area (Å²) in [5, 5.41) is 10.7. The van der Waals surface area contributed by atoms with Gasteiger partial charge in [-0.2, -0.15) is 0 Å². The minimum atomic E-state index is -0.516.